The monoisotopic (exact) mass is 416 g/mol. The van der Waals surface area contributed by atoms with Gasteiger partial charge in [0.05, 0.1) is 15.6 Å². The molecule has 1 N–H and O–H groups in total. The summed E-state index contributed by atoms with van der Waals surface area (Å²) in [6.45, 7) is 0. The quantitative estimate of drug-likeness (QED) is 0.452. The number of alkyl halides is 3. The zero-order chi connectivity index (χ0) is 19.1. The van der Waals surface area contributed by atoms with Gasteiger partial charge in [-0.3, -0.25) is 19.8 Å². The molecule has 2 heterocycles. The molecule has 0 aliphatic carbocycles. The van der Waals surface area contributed by atoms with Crippen LogP contribution in [0.2, 0.25) is 4.34 Å². The molecule has 0 atom stereocenters. The lowest BCUT2D eigenvalue weighted by atomic mass is 10.1. The number of nitrogens with zero attached hydrogens (tertiary/aromatic N) is 1. The zero-order valence-electron chi connectivity index (χ0n) is 12.6. The topological polar surface area (TPSA) is 49.4 Å². The van der Waals surface area contributed by atoms with Gasteiger partial charge in [-0.15, -0.1) is 11.3 Å². The molecule has 3 rings (SSSR count). The number of anilines is 1. The second-order valence-corrected chi connectivity index (χ2v) is 7.28. The highest BCUT2D eigenvalue weighted by molar-refractivity contribution is 7.80. The van der Waals surface area contributed by atoms with Gasteiger partial charge in [0.2, 0.25) is 0 Å². The molecule has 1 saturated heterocycles. The van der Waals surface area contributed by atoms with Gasteiger partial charge < -0.3 is 0 Å². The molecule has 1 aromatic heterocycles. The maximum absolute atomic E-state index is 12.9. The van der Waals surface area contributed by atoms with E-state index in [1.807, 2.05) is 0 Å². The van der Waals surface area contributed by atoms with Crippen molar-refractivity contribution in [2.75, 3.05) is 4.90 Å². The predicted molar refractivity (Wildman–Crippen MR) is 97.0 cm³/mol. The highest BCUT2D eigenvalue weighted by Crippen LogP contribution is 2.33. The molecule has 0 spiro atoms. The Balaban J connectivity index is 2.02. The zero-order valence-corrected chi connectivity index (χ0v) is 15.0. The molecule has 2 aromatic rings. The standard InChI is InChI=1S/C16H8ClF3N2O2S2/c17-12-5-4-10(26-12)7-11-13(23)21-15(25)22(14(11)24)9-3-1-2-8(6-9)16(18,19)20/h1-7H,(H,21,23,25)/b11-7+. The molecule has 0 unspecified atom stereocenters. The van der Waals surface area contributed by atoms with E-state index in [0.717, 1.165) is 34.4 Å². The van der Waals surface area contributed by atoms with Crippen LogP contribution in [-0.2, 0) is 15.8 Å². The van der Waals surface area contributed by atoms with Crippen molar-refractivity contribution >= 4 is 63.8 Å². The van der Waals surface area contributed by atoms with Crippen LogP contribution in [0.15, 0.2) is 42.0 Å². The molecule has 4 nitrogen and oxygen atoms in total. The van der Waals surface area contributed by atoms with E-state index in [1.165, 1.54) is 12.1 Å². The Morgan fingerprint density at radius 3 is 2.54 bits per heavy atom. The van der Waals surface area contributed by atoms with E-state index in [9.17, 15) is 22.8 Å². The van der Waals surface area contributed by atoms with Crippen molar-refractivity contribution in [3.05, 3.63) is 56.7 Å². The maximum Gasteiger partial charge on any atom is 0.416 e. The average Bonchev–Trinajstić information content (AvgIpc) is 2.96. The normalized spacial score (nSPS) is 17.0. The minimum Gasteiger partial charge on any atom is -0.298 e. The van der Waals surface area contributed by atoms with Crippen LogP contribution in [0.4, 0.5) is 18.9 Å². The molecule has 134 valence electrons. The summed E-state index contributed by atoms with van der Waals surface area (Å²) >= 11 is 11.9. The van der Waals surface area contributed by atoms with Crippen LogP contribution < -0.4 is 10.2 Å². The van der Waals surface area contributed by atoms with Crippen LogP contribution in [0, 0.1) is 0 Å². The Hall–Kier alpha value is -2.23. The number of hydrogen-bond acceptors (Lipinski definition) is 4. The van der Waals surface area contributed by atoms with Crippen molar-refractivity contribution in [1.29, 1.82) is 0 Å². The molecular formula is C16H8ClF3N2O2S2. The molecule has 10 heteroatoms. The van der Waals surface area contributed by atoms with Crippen molar-refractivity contribution in [2.24, 2.45) is 0 Å². The van der Waals surface area contributed by atoms with E-state index < -0.39 is 23.6 Å². The van der Waals surface area contributed by atoms with Crippen LogP contribution in [-0.4, -0.2) is 16.9 Å². The summed E-state index contributed by atoms with van der Waals surface area (Å²) in [6.07, 6.45) is -3.26. The van der Waals surface area contributed by atoms with Gasteiger partial charge in [0, 0.05) is 4.88 Å². The number of halogens is 4. The van der Waals surface area contributed by atoms with Gasteiger partial charge in [-0.25, -0.2) is 0 Å². The summed E-state index contributed by atoms with van der Waals surface area (Å²) in [7, 11) is 0. The first-order valence-corrected chi connectivity index (χ1v) is 8.61. The van der Waals surface area contributed by atoms with E-state index in [2.05, 4.69) is 5.32 Å². The number of benzene rings is 1. The van der Waals surface area contributed by atoms with E-state index in [4.69, 9.17) is 23.8 Å². The van der Waals surface area contributed by atoms with Crippen molar-refractivity contribution < 1.29 is 22.8 Å². The number of nitrogens with one attached hydrogen (secondary N) is 1. The minimum atomic E-state index is -4.58. The lowest BCUT2D eigenvalue weighted by Crippen LogP contribution is -2.54. The summed E-state index contributed by atoms with van der Waals surface area (Å²) < 4.78 is 39.3. The number of thiocarbonyl (C=S) groups is 1. The molecule has 1 fully saturated rings. The Kier molecular flexibility index (Phi) is 4.87. The van der Waals surface area contributed by atoms with E-state index in [-0.39, 0.29) is 16.4 Å². The van der Waals surface area contributed by atoms with Crippen molar-refractivity contribution in [2.45, 2.75) is 6.18 Å². The van der Waals surface area contributed by atoms with Crippen molar-refractivity contribution in [1.82, 2.24) is 5.32 Å². The maximum atomic E-state index is 12.9. The minimum absolute atomic E-state index is 0.0927. The summed E-state index contributed by atoms with van der Waals surface area (Å²) in [5, 5.41) is 2.02. The number of rotatable bonds is 2. The molecule has 1 aromatic carbocycles. The van der Waals surface area contributed by atoms with Gasteiger partial charge in [0.1, 0.15) is 5.57 Å². The lowest BCUT2D eigenvalue weighted by Gasteiger charge is -2.29. The predicted octanol–water partition coefficient (Wildman–Crippen LogP) is 4.25. The third-order valence-corrected chi connectivity index (χ3v) is 4.88. The molecular weight excluding hydrogens is 409 g/mol. The first kappa shape index (κ1) is 18.6. The SMILES string of the molecule is O=C1NC(=S)N(c2cccc(C(F)(F)F)c2)C(=O)/C1=C/c1ccc(Cl)s1. The Labute approximate surface area is 159 Å². The summed E-state index contributed by atoms with van der Waals surface area (Å²) in [4.78, 5) is 26.2. The first-order chi connectivity index (χ1) is 12.2. The number of carbonyl (C=O) groups excluding carboxylic acids is 2. The third-order valence-electron chi connectivity index (χ3n) is 3.41. The Morgan fingerprint density at radius 1 is 1.19 bits per heavy atom. The van der Waals surface area contributed by atoms with Gasteiger partial charge in [-0.1, -0.05) is 17.7 Å². The Bertz CT molecular complexity index is 953. The molecule has 26 heavy (non-hydrogen) atoms. The van der Waals surface area contributed by atoms with E-state index in [1.54, 1.807) is 12.1 Å². The van der Waals surface area contributed by atoms with Crippen LogP contribution in [0.3, 0.4) is 0 Å². The number of hydrogen-bond donors (Lipinski definition) is 1. The number of carbonyl (C=O) groups is 2. The molecule has 1 aliphatic heterocycles. The van der Waals surface area contributed by atoms with Gasteiger partial charge in [-0.2, -0.15) is 13.2 Å². The lowest BCUT2D eigenvalue weighted by molar-refractivity contribution is -0.137. The molecule has 0 radical (unpaired) electrons. The van der Waals surface area contributed by atoms with Crippen LogP contribution >= 0.6 is 35.2 Å². The summed E-state index contributed by atoms with van der Waals surface area (Å²) in [6, 6.07) is 7.34. The highest BCUT2D eigenvalue weighted by Gasteiger charge is 2.36. The first-order valence-electron chi connectivity index (χ1n) is 7.01. The van der Waals surface area contributed by atoms with E-state index in [0.29, 0.717) is 9.21 Å². The molecule has 0 saturated carbocycles. The van der Waals surface area contributed by atoms with Crippen molar-refractivity contribution in [3.8, 4) is 0 Å². The number of amides is 2. The fraction of sp³-hybridized carbons (Fsp3) is 0.0625. The van der Waals surface area contributed by atoms with E-state index >= 15 is 0 Å². The van der Waals surface area contributed by atoms with Gasteiger partial charge in [0.15, 0.2) is 5.11 Å². The van der Waals surface area contributed by atoms with Crippen LogP contribution in [0.5, 0.6) is 0 Å². The average molecular weight is 417 g/mol. The van der Waals surface area contributed by atoms with Gasteiger partial charge >= 0.3 is 6.18 Å². The molecule has 1 aliphatic rings. The van der Waals surface area contributed by atoms with Crippen LogP contribution in [0.1, 0.15) is 10.4 Å². The highest BCUT2D eigenvalue weighted by atomic mass is 35.5. The summed E-state index contributed by atoms with van der Waals surface area (Å²) in [5.74, 6) is -1.55. The third kappa shape index (κ3) is 3.64. The second-order valence-electron chi connectivity index (χ2n) is 5.15. The van der Waals surface area contributed by atoms with Crippen LogP contribution in [0.25, 0.3) is 6.08 Å². The Morgan fingerprint density at radius 2 is 1.92 bits per heavy atom. The fourth-order valence-electron chi connectivity index (χ4n) is 2.26. The number of thiophene rings is 1. The summed E-state index contributed by atoms with van der Waals surface area (Å²) in [5.41, 5.74) is -1.28. The van der Waals surface area contributed by atoms with Gasteiger partial charge in [0.25, 0.3) is 11.8 Å². The second kappa shape index (κ2) is 6.82. The largest absolute Gasteiger partial charge is 0.416 e. The molecule has 0 bridgehead atoms. The fourth-order valence-corrected chi connectivity index (χ4v) is 3.55. The molecule has 2 amide bonds. The smallest absolute Gasteiger partial charge is 0.298 e. The van der Waals surface area contributed by atoms with Gasteiger partial charge in [-0.05, 0) is 48.6 Å². The van der Waals surface area contributed by atoms with Crippen molar-refractivity contribution in [3.63, 3.8) is 0 Å².